The van der Waals surface area contributed by atoms with Gasteiger partial charge in [-0.1, -0.05) is 6.07 Å². The Bertz CT molecular complexity index is 588. The van der Waals surface area contributed by atoms with E-state index in [9.17, 15) is 13.6 Å². The van der Waals surface area contributed by atoms with Crippen LogP contribution < -0.4 is 4.74 Å². The predicted octanol–water partition coefficient (Wildman–Crippen LogP) is 1.94. The summed E-state index contributed by atoms with van der Waals surface area (Å²) in [6, 6.07) is 3.25. The van der Waals surface area contributed by atoms with Crippen molar-refractivity contribution < 1.29 is 18.3 Å². The van der Waals surface area contributed by atoms with Crippen molar-refractivity contribution in [1.82, 2.24) is 9.78 Å². The van der Waals surface area contributed by atoms with Crippen LogP contribution in [0.15, 0.2) is 24.4 Å². The molecular weight excluding hydrogens is 242 g/mol. The second-order valence-corrected chi connectivity index (χ2v) is 3.61. The Kier molecular flexibility index (Phi) is 3.10. The molecule has 0 N–H and O–H groups in total. The molecule has 0 saturated heterocycles. The second-order valence-electron chi connectivity index (χ2n) is 3.61. The van der Waals surface area contributed by atoms with Gasteiger partial charge in [-0.2, -0.15) is 5.10 Å². The molecule has 1 aromatic heterocycles. The van der Waals surface area contributed by atoms with E-state index in [4.69, 9.17) is 4.74 Å². The third-order valence-corrected chi connectivity index (χ3v) is 2.53. The minimum absolute atomic E-state index is 0.00139. The Balaban J connectivity index is 2.58. The van der Waals surface area contributed by atoms with Crippen molar-refractivity contribution in [2.75, 3.05) is 7.11 Å². The number of benzene rings is 1. The number of carbonyl (C=O) groups excluding carboxylic acids is 1. The van der Waals surface area contributed by atoms with Gasteiger partial charge in [-0.25, -0.2) is 8.78 Å². The first-order chi connectivity index (χ1) is 8.56. The number of hydrogen-bond donors (Lipinski definition) is 0. The van der Waals surface area contributed by atoms with Gasteiger partial charge in [-0.15, -0.1) is 0 Å². The van der Waals surface area contributed by atoms with Crippen molar-refractivity contribution in [3.63, 3.8) is 0 Å². The highest BCUT2D eigenvalue weighted by Gasteiger charge is 2.25. The number of halogens is 2. The van der Waals surface area contributed by atoms with Gasteiger partial charge in [0.25, 0.3) is 0 Å². The lowest BCUT2D eigenvalue weighted by atomic mass is 10.1. The van der Waals surface area contributed by atoms with Crippen molar-refractivity contribution in [1.29, 1.82) is 0 Å². The summed E-state index contributed by atoms with van der Waals surface area (Å²) in [6.45, 7) is 0. The van der Waals surface area contributed by atoms with Crippen LogP contribution in [0.2, 0.25) is 0 Å². The summed E-state index contributed by atoms with van der Waals surface area (Å²) in [6.07, 6.45) is 1.31. The van der Waals surface area contributed by atoms with Gasteiger partial charge in [0.2, 0.25) is 5.78 Å². The maximum Gasteiger partial charge on any atom is 0.220 e. The molecule has 18 heavy (non-hydrogen) atoms. The van der Waals surface area contributed by atoms with E-state index in [1.165, 1.54) is 31.1 Å². The van der Waals surface area contributed by atoms with E-state index >= 15 is 0 Å². The maximum absolute atomic E-state index is 13.5. The SMILES string of the molecule is COc1cnn(C)c1C(=O)c1c(F)cccc1F. The molecule has 0 fully saturated rings. The molecule has 6 heteroatoms. The van der Waals surface area contributed by atoms with Crippen LogP contribution >= 0.6 is 0 Å². The van der Waals surface area contributed by atoms with Crippen LogP contribution in [0.1, 0.15) is 16.1 Å². The molecule has 1 aromatic carbocycles. The molecule has 0 aliphatic heterocycles. The molecule has 0 aliphatic rings. The van der Waals surface area contributed by atoms with Crippen molar-refractivity contribution in [2.45, 2.75) is 0 Å². The fourth-order valence-electron chi connectivity index (χ4n) is 1.66. The molecule has 1 heterocycles. The molecular formula is C12H10F2N2O2. The Labute approximate surface area is 102 Å². The van der Waals surface area contributed by atoms with Crippen molar-refractivity contribution >= 4 is 5.78 Å². The predicted molar refractivity (Wildman–Crippen MR) is 59.6 cm³/mol. The average molecular weight is 252 g/mol. The minimum Gasteiger partial charge on any atom is -0.493 e. The van der Waals surface area contributed by atoms with Gasteiger partial charge in [-0.3, -0.25) is 9.48 Å². The lowest BCUT2D eigenvalue weighted by molar-refractivity contribution is 0.101. The number of ether oxygens (including phenoxy) is 1. The van der Waals surface area contributed by atoms with E-state index in [1.807, 2.05) is 0 Å². The number of rotatable bonds is 3. The van der Waals surface area contributed by atoms with E-state index in [1.54, 1.807) is 0 Å². The Hall–Kier alpha value is -2.24. The van der Waals surface area contributed by atoms with Gasteiger partial charge in [0.05, 0.1) is 18.9 Å². The molecule has 2 rings (SSSR count). The number of aromatic nitrogens is 2. The third kappa shape index (κ3) is 1.85. The zero-order valence-electron chi connectivity index (χ0n) is 9.78. The van der Waals surface area contributed by atoms with E-state index in [0.29, 0.717) is 0 Å². The van der Waals surface area contributed by atoms with Crippen molar-refractivity contribution in [3.05, 3.63) is 47.3 Å². The number of carbonyl (C=O) groups is 1. The zero-order chi connectivity index (χ0) is 13.3. The Morgan fingerprint density at radius 3 is 2.50 bits per heavy atom. The third-order valence-electron chi connectivity index (χ3n) is 2.53. The first-order valence-electron chi connectivity index (χ1n) is 5.11. The molecule has 4 nitrogen and oxygen atoms in total. The number of ketones is 1. The van der Waals surface area contributed by atoms with Gasteiger partial charge in [-0.05, 0) is 12.1 Å². The van der Waals surface area contributed by atoms with Crippen LogP contribution in [0.5, 0.6) is 5.75 Å². The molecule has 2 aromatic rings. The van der Waals surface area contributed by atoms with Crippen molar-refractivity contribution in [3.8, 4) is 5.75 Å². The van der Waals surface area contributed by atoms with Crippen LogP contribution in [0, 0.1) is 11.6 Å². The van der Waals surface area contributed by atoms with Crippen LogP contribution in [0.4, 0.5) is 8.78 Å². The smallest absolute Gasteiger partial charge is 0.220 e. The highest BCUT2D eigenvalue weighted by Crippen LogP contribution is 2.23. The van der Waals surface area contributed by atoms with Crippen LogP contribution in [-0.2, 0) is 7.05 Å². The lowest BCUT2D eigenvalue weighted by Crippen LogP contribution is -2.13. The molecule has 0 radical (unpaired) electrons. The second kappa shape index (κ2) is 4.56. The standard InChI is InChI=1S/C12H10F2N2O2/c1-16-11(9(18-2)6-15-16)12(17)10-7(13)4-3-5-8(10)14/h3-6H,1-2H3. The zero-order valence-corrected chi connectivity index (χ0v) is 9.78. The highest BCUT2D eigenvalue weighted by molar-refractivity contribution is 6.09. The van der Waals surface area contributed by atoms with E-state index in [0.717, 1.165) is 12.1 Å². The molecule has 0 spiro atoms. The van der Waals surface area contributed by atoms with Gasteiger partial charge in [0, 0.05) is 7.05 Å². The quantitative estimate of drug-likeness (QED) is 0.784. The summed E-state index contributed by atoms with van der Waals surface area (Å²) in [4.78, 5) is 12.1. The topological polar surface area (TPSA) is 44.1 Å². The monoisotopic (exact) mass is 252 g/mol. The van der Waals surface area contributed by atoms with Gasteiger partial charge in [0.1, 0.15) is 11.6 Å². The van der Waals surface area contributed by atoms with Gasteiger partial charge >= 0.3 is 0 Å². The maximum atomic E-state index is 13.5. The first kappa shape index (κ1) is 12.2. The summed E-state index contributed by atoms with van der Waals surface area (Å²) in [5, 5.41) is 3.82. The first-order valence-corrected chi connectivity index (χ1v) is 5.11. The lowest BCUT2D eigenvalue weighted by Gasteiger charge is -2.06. The van der Waals surface area contributed by atoms with E-state index in [-0.39, 0.29) is 11.4 Å². The molecule has 0 saturated carbocycles. The molecule has 94 valence electrons. The minimum atomic E-state index is -0.914. The normalized spacial score (nSPS) is 10.4. The fourth-order valence-corrected chi connectivity index (χ4v) is 1.66. The molecule has 0 atom stereocenters. The molecule has 0 amide bonds. The van der Waals surface area contributed by atoms with Gasteiger partial charge < -0.3 is 4.74 Å². The largest absolute Gasteiger partial charge is 0.493 e. The molecule has 0 aliphatic carbocycles. The Morgan fingerprint density at radius 2 is 1.94 bits per heavy atom. The number of hydrogen-bond acceptors (Lipinski definition) is 3. The fraction of sp³-hybridized carbons (Fsp3) is 0.167. The van der Waals surface area contributed by atoms with E-state index in [2.05, 4.69) is 5.10 Å². The van der Waals surface area contributed by atoms with Crippen LogP contribution in [0.3, 0.4) is 0 Å². The van der Waals surface area contributed by atoms with E-state index < -0.39 is 23.0 Å². The van der Waals surface area contributed by atoms with Crippen molar-refractivity contribution in [2.24, 2.45) is 7.05 Å². The highest BCUT2D eigenvalue weighted by atomic mass is 19.1. The Morgan fingerprint density at radius 1 is 1.33 bits per heavy atom. The number of aryl methyl sites for hydroxylation is 1. The summed E-state index contributed by atoms with van der Waals surface area (Å²) in [7, 11) is 2.85. The summed E-state index contributed by atoms with van der Waals surface area (Å²) >= 11 is 0. The van der Waals surface area contributed by atoms with Crippen LogP contribution in [0.25, 0.3) is 0 Å². The number of methoxy groups -OCH3 is 1. The summed E-state index contributed by atoms with van der Waals surface area (Å²) in [5.74, 6) is -2.46. The van der Waals surface area contributed by atoms with Crippen LogP contribution in [-0.4, -0.2) is 22.7 Å². The average Bonchev–Trinajstić information content (AvgIpc) is 2.70. The van der Waals surface area contributed by atoms with Gasteiger partial charge in [0.15, 0.2) is 11.4 Å². The summed E-state index contributed by atoms with van der Waals surface area (Å²) in [5.41, 5.74) is -0.610. The molecule has 0 unspecified atom stereocenters. The summed E-state index contributed by atoms with van der Waals surface area (Å²) < 4.78 is 33.2. The number of nitrogens with zero attached hydrogens (tertiary/aromatic N) is 2. The molecule has 0 bridgehead atoms.